The molecule has 0 spiro atoms. The molecule has 0 fully saturated rings. The summed E-state index contributed by atoms with van der Waals surface area (Å²) in [5.74, 6) is 0.200. The second-order valence-corrected chi connectivity index (χ2v) is 6.82. The van der Waals surface area contributed by atoms with Gasteiger partial charge in [0.2, 0.25) is 0 Å². The van der Waals surface area contributed by atoms with Crippen molar-refractivity contribution in [3.63, 3.8) is 0 Å². The monoisotopic (exact) mass is 336 g/mol. The van der Waals surface area contributed by atoms with Gasteiger partial charge in [0.1, 0.15) is 16.9 Å². The predicted octanol–water partition coefficient (Wildman–Crippen LogP) is 4.87. The van der Waals surface area contributed by atoms with E-state index in [0.717, 1.165) is 16.3 Å². The van der Waals surface area contributed by atoms with Gasteiger partial charge in [-0.2, -0.15) is 0 Å². The van der Waals surface area contributed by atoms with Crippen LogP contribution in [0.1, 0.15) is 56.1 Å². The van der Waals surface area contributed by atoms with E-state index in [-0.39, 0.29) is 18.0 Å². The van der Waals surface area contributed by atoms with Crippen LogP contribution in [-0.4, -0.2) is 11.6 Å². The number of hydrogen-bond acceptors (Lipinski definition) is 4. The van der Waals surface area contributed by atoms with Crippen molar-refractivity contribution in [2.24, 2.45) is 5.92 Å². The summed E-state index contributed by atoms with van der Waals surface area (Å²) < 4.78 is 18.7. The van der Waals surface area contributed by atoms with E-state index < -0.39 is 0 Å². The molecule has 0 aliphatic rings. The molecule has 23 heavy (non-hydrogen) atoms. The quantitative estimate of drug-likeness (QED) is 0.747. The van der Waals surface area contributed by atoms with Crippen LogP contribution in [-0.2, 0) is 11.3 Å². The van der Waals surface area contributed by atoms with Gasteiger partial charge in [0, 0.05) is 24.6 Å². The van der Waals surface area contributed by atoms with Gasteiger partial charge >= 0.3 is 0 Å². The molecule has 2 rings (SSSR count). The van der Waals surface area contributed by atoms with E-state index in [9.17, 15) is 4.39 Å². The van der Waals surface area contributed by atoms with Crippen LogP contribution in [0.3, 0.4) is 0 Å². The second-order valence-electron chi connectivity index (χ2n) is 5.93. The Morgan fingerprint density at radius 2 is 1.91 bits per heavy atom. The van der Waals surface area contributed by atoms with Crippen LogP contribution in [0.15, 0.2) is 29.6 Å². The molecule has 3 nitrogen and oxygen atoms in total. The van der Waals surface area contributed by atoms with Crippen molar-refractivity contribution in [3.8, 4) is 0 Å². The fourth-order valence-electron chi connectivity index (χ4n) is 2.53. The minimum atomic E-state index is -0.203. The molecule has 2 atom stereocenters. The Balaban J connectivity index is 2.00. The Kier molecular flexibility index (Phi) is 6.69. The van der Waals surface area contributed by atoms with Gasteiger partial charge in [-0.1, -0.05) is 26.0 Å². The van der Waals surface area contributed by atoms with Crippen molar-refractivity contribution >= 4 is 11.3 Å². The van der Waals surface area contributed by atoms with Gasteiger partial charge in [-0.15, -0.1) is 11.3 Å². The van der Waals surface area contributed by atoms with Crippen molar-refractivity contribution in [2.45, 2.75) is 46.4 Å². The smallest absolute Gasteiger partial charge is 0.123 e. The Morgan fingerprint density at radius 1 is 1.22 bits per heavy atom. The molecule has 2 aromatic rings. The van der Waals surface area contributed by atoms with Gasteiger partial charge in [-0.25, -0.2) is 9.37 Å². The standard InChI is InChI=1S/C18H25FN2OS/c1-5-22-13(4)18-21-16(11-23-18)10-20-17(12(2)3)14-6-8-15(19)9-7-14/h6-9,11-13,17,20H,5,10H2,1-4H3/t13-,17-/m0/s1. The molecule has 0 aliphatic heterocycles. The Hall–Kier alpha value is -1.30. The molecule has 1 aromatic heterocycles. The van der Waals surface area contributed by atoms with Crippen molar-refractivity contribution in [3.05, 3.63) is 51.7 Å². The maximum absolute atomic E-state index is 13.1. The number of nitrogens with zero attached hydrogens (tertiary/aromatic N) is 1. The summed E-state index contributed by atoms with van der Waals surface area (Å²) in [6.07, 6.45) is 0.0387. The first-order valence-electron chi connectivity index (χ1n) is 8.06. The molecular formula is C18H25FN2OS. The van der Waals surface area contributed by atoms with Crippen LogP contribution in [0.2, 0.25) is 0 Å². The lowest BCUT2D eigenvalue weighted by Gasteiger charge is -2.22. The fourth-order valence-corrected chi connectivity index (χ4v) is 3.36. The molecule has 0 saturated heterocycles. The zero-order chi connectivity index (χ0) is 16.8. The number of hydrogen-bond donors (Lipinski definition) is 1. The maximum atomic E-state index is 13.1. The van der Waals surface area contributed by atoms with Gasteiger partial charge in [0.15, 0.2) is 0 Å². The van der Waals surface area contributed by atoms with E-state index in [4.69, 9.17) is 4.74 Å². The topological polar surface area (TPSA) is 34.1 Å². The number of nitrogens with one attached hydrogen (secondary N) is 1. The molecule has 1 aromatic carbocycles. The van der Waals surface area contributed by atoms with Crippen molar-refractivity contribution in [1.82, 2.24) is 10.3 Å². The highest BCUT2D eigenvalue weighted by Crippen LogP contribution is 2.24. The maximum Gasteiger partial charge on any atom is 0.123 e. The average Bonchev–Trinajstić information content (AvgIpc) is 2.98. The van der Waals surface area contributed by atoms with Crippen LogP contribution in [0.5, 0.6) is 0 Å². The highest BCUT2D eigenvalue weighted by atomic mass is 32.1. The summed E-state index contributed by atoms with van der Waals surface area (Å²) >= 11 is 1.63. The first-order chi connectivity index (χ1) is 11.0. The van der Waals surface area contributed by atoms with Gasteiger partial charge < -0.3 is 10.1 Å². The fraction of sp³-hybridized carbons (Fsp3) is 0.500. The summed E-state index contributed by atoms with van der Waals surface area (Å²) in [5, 5.41) is 6.61. The molecule has 0 bridgehead atoms. The minimum absolute atomic E-state index is 0.0387. The van der Waals surface area contributed by atoms with E-state index in [1.54, 1.807) is 11.3 Å². The van der Waals surface area contributed by atoms with Gasteiger partial charge in [0.05, 0.1) is 5.69 Å². The van der Waals surface area contributed by atoms with Gasteiger partial charge in [-0.05, 0) is 37.5 Å². The molecule has 5 heteroatoms. The van der Waals surface area contributed by atoms with E-state index in [0.29, 0.717) is 19.1 Å². The summed E-state index contributed by atoms with van der Waals surface area (Å²) in [4.78, 5) is 4.64. The van der Waals surface area contributed by atoms with Crippen molar-refractivity contribution in [1.29, 1.82) is 0 Å². The molecule has 0 aliphatic carbocycles. The van der Waals surface area contributed by atoms with E-state index in [2.05, 4.69) is 29.5 Å². The normalized spacial score (nSPS) is 14.2. The van der Waals surface area contributed by atoms with Crippen molar-refractivity contribution in [2.75, 3.05) is 6.61 Å². The van der Waals surface area contributed by atoms with Crippen LogP contribution >= 0.6 is 11.3 Å². The number of rotatable bonds is 8. The molecule has 0 unspecified atom stereocenters. The molecular weight excluding hydrogens is 311 g/mol. The number of halogens is 1. The van der Waals surface area contributed by atoms with E-state index >= 15 is 0 Å². The highest BCUT2D eigenvalue weighted by Gasteiger charge is 2.16. The average molecular weight is 336 g/mol. The Morgan fingerprint density at radius 3 is 2.52 bits per heavy atom. The van der Waals surface area contributed by atoms with Crippen LogP contribution in [0, 0.1) is 11.7 Å². The molecule has 1 N–H and O–H groups in total. The van der Waals surface area contributed by atoms with Gasteiger partial charge in [-0.3, -0.25) is 0 Å². The third kappa shape index (κ3) is 5.09. The Bertz CT molecular complexity index is 597. The Labute approximate surface area is 141 Å². The molecule has 126 valence electrons. The lowest BCUT2D eigenvalue weighted by molar-refractivity contribution is 0.0761. The number of ether oxygens (including phenoxy) is 1. The summed E-state index contributed by atoms with van der Waals surface area (Å²) in [5.41, 5.74) is 2.11. The predicted molar refractivity (Wildman–Crippen MR) is 93.0 cm³/mol. The largest absolute Gasteiger partial charge is 0.372 e. The molecule has 1 heterocycles. The minimum Gasteiger partial charge on any atom is -0.372 e. The summed E-state index contributed by atoms with van der Waals surface area (Å²) in [7, 11) is 0. The first-order valence-corrected chi connectivity index (χ1v) is 8.94. The third-order valence-corrected chi connectivity index (χ3v) is 4.79. The molecule has 0 amide bonds. The highest BCUT2D eigenvalue weighted by molar-refractivity contribution is 7.09. The SMILES string of the molecule is CCO[C@@H](C)c1nc(CN[C@H](c2ccc(F)cc2)C(C)C)cs1. The third-order valence-electron chi connectivity index (χ3n) is 3.73. The second kappa shape index (κ2) is 8.52. The van der Waals surface area contributed by atoms with Gasteiger partial charge in [0.25, 0.3) is 0 Å². The van der Waals surface area contributed by atoms with Crippen LogP contribution in [0.4, 0.5) is 4.39 Å². The summed E-state index contributed by atoms with van der Waals surface area (Å²) in [6.45, 7) is 9.71. The number of aromatic nitrogens is 1. The first kappa shape index (κ1) is 18.0. The lowest BCUT2D eigenvalue weighted by Crippen LogP contribution is -2.25. The van der Waals surface area contributed by atoms with Crippen LogP contribution < -0.4 is 5.32 Å². The zero-order valence-corrected chi connectivity index (χ0v) is 15.0. The lowest BCUT2D eigenvalue weighted by atomic mass is 9.96. The molecule has 0 saturated carbocycles. The van der Waals surface area contributed by atoms with Crippen molar-refractivity contribution < 1.29 is 9.13 Å². The summed E-state index contributed by atoms with van der Waals surface area (Å²) in [6, 6.07) is 6.88. The van der Waals surface area contributed by atoms with Crippen LogP contribution in [0.25, 0.3) is 0 Å². The zero-order valence-electron chi connectivity index (χ0n) is 14.2. The number of thiazole rings is 1. The van der Waals surface area contributed by atoms with E-state index in [1.165, 1.54) is 12.1 Å². The van der Waals surface area contributed by atoms with E-state index in [1.807, 2.05) is 26.0 Å². The molecule has 0 radical (unpaired) electrons. The number of benzene rings is 1.